The Bertz CT molecular complexity index is 1410. The number of aromatic amines is 1. The molecule has 0 atom stereocenters. The maximum absolute atomic E-state index is 11.2. The molecule has 1 N–H and O–H groups in total. The molecule has 1 aromatic heterocycles. The Morgan fingerprint density at radius 2 is 1.18 bits per heavy atom. The van der Waals surface area contributed by atoms with Gasteiger partial charge in [0, 0.05) is 28.7 Å². The fourth-order valence-electron chi connectivity index (χ4n) is 3.83. The molecule has 0 fully saturated rings. The van der Waals surface area contributed by atoms with E-state index in [1.165, 1.54) is 0 Å². The molecular weight excluding hydrogens is 434 g/mol. The van der Waals surface area contributed by atoms with E-state index in [2.05, 4.69) is 14.9 Å². The van der Waals surface area contributed by atoms with Crippen LogP contribution in [0.2, 0.25) is 0 Å². The molecule has 0 aliphatic carbocycles. The van der Waals surface area contributed by atoms with Crippen molar-refractivity contribution in [1.82, 2.24) is 9.97 Å². The third-order valence-electron chi connectivity index (χ3n) is 5.40. The molecule has 9 heteroatoms. The van der Waals surface area contributed by atoms with Gasteiger partial charge in [-0.2, -0.15) is 0 Å². The van der Waals surface area contributed by atoms with Crippen molar-refractivity contribution in [3.8, 4) is 11.4 Å². The lowest BCUT2D eigenvalue weighted by Gasteiger charge is -2.25. The van der Waals surface area contributed by atoms with Gasteiger partial charge in [-0.1, -0.05) is 36.4 Å². The van der Waals surface area contributed by atoms with Crippen LogP contribution >= 0.6 is 0 Å². The molecule has 0 unspecified atom stereocenters. The molecule has 0 saturated heterocycles. The number of rotatable bonds is 6. The molecule has 1 heterocycles. The lowest BCUT2D eigenvalue weighted by molar-refractivity contribution is -0.422. The number of hydrogen-bond acceptors (Lipinski definition) is 6. The minimum atomic E-state index is -0.775. The summed E-state index contributed by atoms with van der Waals surface area (Å²) in [6.07, 6.45) is 0. The van der Waals surface area contributed by atoms with Crippen molar-refractivity contribution in [3.63, 3.8) is 0 Å². The summed E-state index contributed by atoms with van der Waals surface area (Å²) in [5.41, 5.74) is 3.15. The minimum Gasteiger partial charge on any atom is -0.338 e. The molecule has 0 amide bonds. The quantitative estimate of drug-likeness (QED) is 0.232. The van der Waals surface area contributed by atoms with E-state index in [1.807, 2.05) is 84.9 Å². The van der Waals surface area contributed by atoms with Gasteiger partial charge in [-0.3, -0.25) is 20.2 Å². The van der Waals surface area contributed by atoms with Crippen molar-refractivity contribution in [1.29, 1.82) is 0 Å². The van der Waals surface area contributed by atoms with Gasteiger partial charge in [0.25, 0.3) is 0 Å². The van der Waals surface area contributed by atoms with Crippen molar-refractivity contribution in [2.45, 2.75) is 0 Å². The maximum Gasteiger partial charge on any atom is 0.348 e. The van der Waals surface area contributed by atoms with Crippen LogP contribution in [0.25, 0.3) is 22.4 Å². The standard InChI is InChI=1S/C25H17N5O4/c31-29(32)23-15-21-22(16-24(23)30(33)34)27-25(26-21)17-11-13-20(14-12-17)28(18-7-3-1-4-8-18)19-9-5-2-6-10-19/h1-16H,(H,26,27). The van der Waals surface area contributed by atoms with Gasteiger partial charge in [-0.15, -0.1) is 0 Å². The summed E-state index contributed by atoms with van der Waals surface area (Å²) in [5, 5.41) is 22.5. The maximum atomic E-state index is 11.2. The average molecular weight is 451 g/mol. The van der Waals surface area contributed by atoms with Crippen LogP contribution in [-0.2, 0) is 0 Å². The smallest absolute Gasteiger partial charge is 0.338 e. The van der Waals surface area contributed by atoms with Crippen LogP contribution in [0.3, 0.4) is 0 Å². The summed E-state index contributed by atoms with van der Waals surface area (Å²) in [7, 11) is 0. The number of nitrogens with zero attached hydrogens (tertiary/aromatic N) is 4. The number of anilines is 3. The zero-order chi connectivity index (χ0) is 23.7. The zero-order valence-electron chi connectivity index (χ0n) is 17.7. The van der Waals surface area contributed by atoms with E-state index in [0.29, 0.717) is 11.3 Å². The fraction of sp³-hybridized carbons (Fsp3) is 0. The molecule has 5 rings (SSSR count). The number of benzene rings is 4. The molecule has 166 valence electrons. The number of aromatic nitrogens is 2. The summed E-state index contributed by atoms with van der Waals surface area (Å²) in [5.74, 6) is 0.460. The first-order valence-electron chi connectivity index (χ1n) is 10.3. The highest BCUT2D eigenvalue weighted by molar-refractivity contribution is 5.86. The predicted octanol–water partition coefficient (Wildman–Crippen LogP) is 6.52. The van der Waals surface area contributed by atoms with Crippen LogP contribution in [0.15, 0.2) is 97.1 Å². The second-order valence-electron chi connectivity index (χ2n) is 7.51. The number of fused-ring (bicyclic) bond motifs is 1. The Morgan fingerprint density at radius 1 is 0.676 bits per heavy atom. The lowest BCUT2D eigenvalue weighted by atomic mass is 10.1. The number of nitro benzene ring substituents is 2. The predicted molar refractivity (Wildman–Crippen MR) is 130 cm³/mol. The number of H-pyrrole nitrogens is 1. The van der Waals surface area contributed by atoms with Crippen molar-refractivity contribution in [2.24, 2.45) is 0 Å². The van der Waals surface area contributed by atoms with Crippen molar-refractivity contribution >= 4 is 39.5 Å². The summed E-state index contributed by atoms with van der Waals surface area (Å²) >= 11 is 0. The van der Waals surface area contributed by atoms with Gasteiger partial charge >= 0.3 is 11.4 Å². The molecule has 34 heavy (non-hydrogen) atoms. The Labute approximate surface area is 193 Å². The largest absolute Gasteiger partial charge is 0.348 e. The van der Waals surface area contributed by atoms with Crippen molar-refractivity contribution in [2.75, 3.05) is 4.90 Å². The minimum absolute atomic E-state index is 0.284. The van der Waals surface area contributed by atoms with Gasteiger partial charge in [0.1, 0.15) is 5.82 Å². The third-order valence-corrected chi connectivity index (χ3v) is 5.40. The second kappa shape index (κ2) is 8.47. The Morgan fingerprint density at radius 3 is 1.71 bits per heavy atom. The van der Waals surface area contributed by atoms with Crippen molar-refractivity contribution < 1.29 is 9.85 Å². The van der Waals surface area contributed by atoms with Gasteiger partial charge in [0.2, 0.25) is 0 Å². The van der Waals surface area contributed by atoms with Crippen LogP contribution in [0.4, 0.5) is 28.4 Å². The van der Waals surface area contributed by atoms with Crippen LogP contribution in [0.5, 0.6) is 0 Å². The third kappa shape index (κ3) is 3.82. The molecule has 0 bridgehead atoms. The zero-order valence-corrected chi connectivity index (χ0v) is 17.7. The number of nitro groups is 2. The number of para-hydroxylation sites is 2. The SMILES string of the molecule is O=[N+]([O-])c1cc2nc(-c3ccc(N(c4ccccc4)c4ccccc4)cc3)[nH]c2cc1[N+](=O)[O-]. The van der Waals surface area contributed by atoms with Gasteiger partial charge in [0.15, 0.2) is 0 Å². The highest BCUT2D eigenvalue weighted by atomic mass is 16.6. The Balaban J connectivity index is 1.54. The molecule has 0 spiro atoms. The van der Waals surface area contributed by atoms with Gasteiger partial charge in [-0.05, 0) is 48.5 Å². The normalized spacial score (nSPS) is 10.8. The van der Waals surface area contributed by atoms with Crippen molar-refractivity contribution in [3.05, 3.63) is 117 Å². The Kier molecular flexibility index (Phi) is 5.19. The molecular formula is C25H17N5O4. The van der Waals surface area contributed by atoms with E-state index in [1.54, 1.807) is 0 Å². The fourth-order valence-corrected chi connectivity index (χ4v) is 3.83. The first-order valence-corrected chi connectivity index (χ1v) is 10.3. The number of imidazole rings is 1. The highest BCUT2D eigenvalue weighted by Gasteiger charge is 2.26. The van der Waals surface area contributed by atoms with Crippen LogP contribution in [0, 0.1) is 20.2 Å². The van der Waals surface area contributed by atoms with E-state index in [-0.39, 0.29) is 5.52 Å². The van der Waals surface area contributed by atoms with Crippen LogP contribution in [-0.4, -0.2) is 19.8 Å². The molecule has 0 aliphatic heterocycles. The highest BCUT2D eigenvalue weighted by Crippen LogP contribution is 2.36. The molecule has 9 nitrogen and oxygen atoms in total. The first-order chi connectivity index (χ1) is 16.5. The van der Waals surface area contributed by atoms with Gasteiger partial charge in [0.05, 0.1) is 26.9 Å². The number of nitrogens with one attached hydrogen (secondary N) is 1. The molecule has 0 radical (unpaired) electrons. The lowest BCUT2D eigenvalue weighted by Crippen LogP contribution is -2.09. The summed E-state index contributed by atoms with van der Waals surface area (Å²) in [6, 6.07) is 29.9. The summed E-state index contributed by atoms with van der Waals surface area (Å²) in [6.45, 7) is 0. The molecule has 0 saturated carbocycles. The van der Waals surface area contributed by atoms with Crippen LogP contribution in [0.1, 0.15) is 0 Å². The number of hydrogen-bond donors (Lipinski definition) is 1. The van der Waals surface area contributed by atoms with E-state index in [4.69, 9.17) is 0 Å². The Hall–Kier alpha value is -5.05. The summed E-state index contributed by atoms with van der Waals surface area (Å²) < 4.78 is 0. The molecule has 0 aliphatic rings. The van der Waals surface area contributed by atoms with E-state index < -0.39 is 21.2 Å². The first kappa shape index (κ1) is 20.8. The van der Waals surface area contributed by atoms with Gasteiger partial charge < -0.3 is 9.88 Å². The molecule has 4 aromatic carbocycles. The van der Waals surface area contributed by atoms with E-state index in [0.717, 1.165) is 34.8 Å². The summed E-state index contributed by atoms with van der Waals surface area (Å²) in [4.78, 5) is 30.5. The second-order valence-corrected chi connectivity index (χ2v) is 7.51. The molecule has 5 aromatic rings. The van der Waals surface area contributed by atoms with E-state index in [9.17, 15) is 20.2 Å². The van der Waals surface area contributed by atoms with Gasteiger partial charge in [-0.25, -0.2) is 4.98 Å². The average Bonchev–Trinajstić information content (AvgIpc) is 3.28. The van der Waals surface area contributed by atoms with Crippen LogP contribution < -0.4 is 4.90 Å². The topological polar surface area (TPSA) is 118 Å². The van der Waals surface area contributed by atoms with E-state index >= 15 is 0 Å². The monoisotopic (exact) mass is 451 g/mol.